The van der Waals surface area contributed by atoms with Crippen molar-refractivity contribution >= 4 is 0 Å². The van der Waals surface area contributed by atoms with Crippen molar-refractivity contribution in [3.63, 3.8) is 0 Å². The van der Waals surface area contributed by atoms with Crippen LogP contribution in [0.15, 0.2) is 0 Å². The minimum absolute atomic E-state index is 0.0185. The summed E-state index contributed by atoms with van der Waals surface area (Å²) in [6.07, 6.45) is 2.50. The highest BCUT2D eigenvalue weighted by Gasteiger charge is 2.56. The molecule has 0 amide bonds. The second-order valence-corrected chi connectivity index (χ2v) is 5.06. The average molecular weight is 154 g/mol. The largest absolute Gasteiger partial charge is 0.393 e. The Labute approximate surface area is 68.8 Å². The molecule has 3 aliphatic carbocycles. The molecule has 3 fully saturated rings. The molecule has 1 N–H and O–H groups in total. The van der Waals surface area contributed by atoms with Crippen LogP contribution in [0.2, 0.25) is 0 Å². The Hall–Kier alpha value is -0.0400. The van der Waals surface area contributed by atoms with Crippen LogP contribution in [0.1, 0.15) is 33.6 Å². The topological polar surface area (TPSA) is 20.2 Å². The maximum Gasteiger partial charge on any atom is 0.0599 e. The van der Waals surface area contributed by atoms with Crippen molar-refractivity contribution in [3.8, 4) is 0 Å². The van der Waals surface area contributed by atoms with Gasteiger partial charge in [0.25, 0.3) is 0 Å². The van der Waals surface area contributed by atoms with Gasteiger partial charge in [0, 0.05) is 0 Å². The molecule has 2 bridgehead atoms. The van der Waals surface area contributed by atoms with Crippen LogP contribution in [-0.4, -0.2) is 11.2 Å². The maximum absolute atomic E-state index is 9.82. The Kier molecular flexibility index (Phi) is 1.39. The van der Waals surface area contributed by atoms with Gasteiger partial charge in [-0.1, -0.05) is 20.8 Å². The fourth-order valence-electron chi connectivity index (χ4n) is 3.02. The monoisotopic (exact) mass is 154 g/mol. The quantitative estimate of drug-likeness (QED) is 0.566. The number of rotatable bonds is 0. The van der Waals surface area contributed by atoms with Gasteiger partial charge in [-0.25, -0.2) is 0 Å². The van der Waals surface area contributed by atoms with Gasteiger partial charge in [0.2, 0.25) is 0 Å². The SMILES string of the molecule is C[C@H]1C[C@H]2C[C@@H]([C@H]1O)C2(C)C. The first kappa shape index (κ1) is 7.60. The summed E-state index contributed by atoms with van der Waals surface area (Å²) in [5, 5.41) is 9.82. The van der Waals surface area contributed by atoms with Gasteiger partial charge in [0.05, 0.1) is 6.10 Å². The first-order chi connectivity index (χ1) is 5.03. The minimum Gasteiger partial charge on any atom is -0.393 e. The summed E-state index contributed by atoms with van der Waals surface area (Å²) in [4.78, 5) is 0. The van der Waals surface area contributed by atoms with E-state index in [-0.39, 0.29) is 6.10 Å². The van der Waals surface area contributed by atoms with Crippen molar-refractivity contribution < 1.29 is 5.11 Å². The molecule has 3 saturated carbocycles. The van der Waals surface area contributed by atoms with E-state index in [1.165, 1.54) is 12.8 Å². The molecule has 0 aromatic heterocycles. The molecule has 0 aromatic rings. The highest BCUT2D eigenvalue weighted by Crippen LogP contribution is 2.60. The fourth-order valence-corrected chi connectivity index (χ4v) is 3.02. The molecule has 0 aliphatic heterocycles. The van der Waals surface area contributed by atoms with Gasteiger partial charge in [-0.3, -0.25) is 0 Å². The Balaban J connectivity index is 2.17. The third kappa shape index (κ3) is 0.807. The Morgan fingerprint density at radius 1 is 1.27 bits per heavy atom. The second-order valence-electron chi connectivity index (χ2n) is 5.06. The van der Waals surface area contributed by atoms with Gasteiger partial charge in [-0.2, -0.15) is 0 Å². The summed E-state index contributed by atoms with van der Waals surface area (Å²) in [5.41, 5.74) is 0.436. The molecule has 0 saturated heterocycles. The molecule has 1 heteroatoms. The second kappa shape index (κ2) is 2.01. The zero-order valence-electron chi connectivity index (χ0n) is 7.67. The van der Waals surface area contributed by atoms with Gasteiger partial charge in [-0.15, -0.1) is 0 Å². The smallest absolute Gasteiger partial charge is 0.0599 e. The van der Waals surface area contributed by atoms with Gasteiger partial charge < -0.3 is 5.11 Å². The van der Waals surface area contributed by atoms with Gasteiger partial charge in [0.15, 0.2) is 0 Å². The van der Waals surface area contributed by atoms with Crippen LogP contribution in [0, 0.1) is 23.2 Å². The zero-order chi connectivity index (χ0) is 8.22. The van der Waals surface area contributed by atoms with E-state index >= 15 is 0 Å². The van der Waals surface area contributed by atoms with Gasteiger partial charge in [-0.05, 0) is 36.0 Å². The molecule has 3 rings (SSSR count). The summed E-state index contributed by atoms with van der Waals surface area (Å²) in [5.74, 6) is 2.04. The molecule has 0 unspecified atom stereocenters. The van der Waals surface area contributed by atoms with E-state index in [4.69, 9.17) is 0 Å². The molecule has 4 atom stereocenters. The Bertz CT molecular complexity index is 174. The average Bonchev–Trinajstić information content (AvgIpc) is 1.93. The van der Waals surface area contributed by atoms with E-state index < -0.39 is 0 Å². The number of aliphatic hydroxyl groups excluding tert-OH is 1. The van der Waals surface area contributed by atoms with Crippen molar-refractivity contribution in [1.82, 2.24) is 0 Å². The zero-order valence-corrected chi connectivity index (χ0v) is 7.67. The fraction of sp³-hybridized carbons (Fsp3) is 1.00. The predicted molar refractivity (Wildman–Crippen MR) is 45.2 cm³/mol. The van der Waals surface area contributed by atoms with Crippen molar-refractivity contribution in [1.29, 1.82) is 0 Å². The van der Waals surface area contributed by atoms with Crippen LogP contribution >= 0.6 is 0 Å². The first-order valence-electron chi connectivity index (χ1n) is 4.71. The van der Waals surface area contributed by atoms with E-state index in [2.05, 4.69) is 20.8 Å². The molecule has 0 spiro atoms. The van der Waals surface area contributed by atoms with Crippen LogP contribution in [0.4, 0.5) is 0 Å². The molecule has 64 valence electrons. The summed E-state index contributed by atoms with van der Waals surface area (Å²) in [7, 11) is 0. The number of hydrogen-bond acceptors (Lipinski definition) is 1. The molecular weight excluding hydrogens is 136 g/mol. The van der Waals surface area contributed by atoms with E-state index in [1.807, 2.05) is 0 Å². The summed E-state index contributed by atoms with van der Waals surface area (Å²) >= 11 is 0. The predicted octanol–water partition coefficient (Wildman–Crippen LogP) is 2.05. The summed E-state index contributed by atoms with van der Waals surface area (Å²) < 4.78 is 0. The normalized spacial score (nSPS) is 53.5. The minimum atomic E-state index is -0.0185. The highest BCUT2D eigenvalue weighted by molar-refractivity contribution is 5.05. The van der Waals surface area contributed by atoms with Crippen LogP contribution in [0.25, 0.3) is 0 Å². The van der Waals surface area contributed by atoms with Crippen LogP contribution < -0.4 is 0 Å². The molecule has 1 nitrogen and oxygen atoms in total. The maximum atomic E-state index is 9.82. The van der Waals surface area contributed by atoms with Crippen molar-refractivity contribution in [2.75, 3.05) is 0 Å². The van der Waals surface area contributed by atoms with Gasteiger partial charge in [0.1, 0.15) is 0 Å². The lowest BCUT2D eigenvalue weighted by Crippen LogP contribution is -2.57. The molecule has 0 aromatic carbocycles. The summed E-state index contributed by atoms with van der Waals surface area (Å²) in [6.45, 7) is 6.79. The van der Waals surface area contributed by atoms with Crippen LogP contribution in [0.3, 0.4) is 0 Å². The highest BCUT2D eigenvalue weighted by atomic mass is 16.3. The Morgan fingerprint density at radius 3 is 2.27 bits per heavy atom. The van der Waals surface area contributed by atoms with E-state index in [0.29, 0.717) is 17.3 Å². The Morgan fingerprint density at radius 2 is 1.91 bits per heavy atom. The van der Waals surface area contributed by atoms with Crippen LogP contribution in [-0.2, 0) is 0 Å². The third-order valence-corrected chi connectivity index (χ3v) is 4.20. The van der Waals surface area contributed by atoms with E-state index in [9.17, 15) is 5.11 Å². The number of hydrogen-bond donors (Lipinski definition) is 1. The lowest BCUT2D eigenvalue weighted by Gasteiger charge is -2.60. The summed E-state index contributed by atoms with van der Waals surface area (Å²) in [6, 6.07) is 0. The molecule has 3 aliphatic rings. The molecule has 11 heavy (non-hydrogen) atoms. The van der Waals surface area contributed by atoms with Crippen molar-refractivity contribution in [2.24, 2.45) is 23.2 Å². The molecule has 0 radical (unpaired) electrons. The van der Waals surface area contributed by atoms with Gasteiger partial charge >= 0.3 is 0 Å². The van der Waals surface area contributed by atoms with Crippen molar-refractivity contribution in [3.05, 3.63) is 0 Å². The van der Waals surface area contributed by atoms with Crippen LogP contribution in [0.5, 0.6) is 0 Å². The van der Waals surface area contributed by atoms with E-state index in [1.54, 1.807) is 0 Å². The number of aliphatic hydroxyl groups is 1. The lowest BCUT2D eigenvalue weighted by molar-refractivity contribution is -0.165. The van der Waals surface area contributed by atoms with E-state index in [0.717, 1.165) is 5.92 Å². The standard InChI is InChI=1S/C10H18O/c1-6-4-7-5-8(9(6)11)10(7,2)3/h6-9,11H,4-5H2,1-3H3/t6-,7-,8-,9-/m0/s1. The first-order valence-corrected chi connectivity index (χ1v) is 4.71. The van der Waals surface area contributed by atoms with Crippen molar-refractivity contribution in [2.45, 2.75) is 39.7 Å². The lowest BCUT2D eigenvalue weighted by atomic mass is 9.46. The number of fused-ring (bicyclic) bond motifs is 2. The molecular formula is C10H18O. The third-order valence-electron chi connectivity index (χ3n) is 4.20. The molecule has 0 heterocycles.